The minimum Gasteiger partial charge on any atom is -0.349 e. The Hall–Kier alpha value is -0.160. The molecule has 0 unspecified atom stereocenters. The number of aromatic nitrogens is 2. The number of hydrogen-bond acceptors (Lipinski definition) is 4. The zero-order chi connectivity index (χ0) is 9.26. The van der Waals surface area contributed by atoms with Crippen molar-refractivity contribution in [2.75, 3.05) is 18.5 Å². The second-order valence-corrected chi connectivity index (χ2v) is 5.75. The molecule has 13 heavy (non-hydrogen) atoms. The van der Waals surface area contributed by atoms with Gasteiger partial charge in [-0.2, -0.15) is 0 Å². The van der Waals surface area contributed by atoms with Gasteiger partial charge in [0.15, 0.2) is 3.92 Å². The fraction of sp³-hybridized carbons (Fsp3) is 0.750. The van der Waals surface area contributed by atoms with Crippen LogP contribution in [-0.2, 0) is 0 Å². The molecule has 0 radical (unpaired) electrons. The van der Waals surface area contributed by atoms with Crippen molar-refractivity contribution >= 4 is 32.4 Å². The highest BCUT2D eigenvalue weighted by molar-refractivity contribution is 9.11. The molecule has 0 N–H and O–H groups in total. The van der Waals surface area contributed by atoms with E-state index in [1.54, 1.807) is 11.3 Å². The summed E-state index contributed by atoms with van der Waals surface area (Å²) >= 11 is 4.91. The van der Waals surface area contributed by atoms with Gasteiger partial charge in [-0.05, 0) is 34.7 Å². The third-order valence-electron chi connectivity index (χ3n) is 2.47. The lowest BCUT2D eigenvalue weighted by molar-refractivity contribution is 0.321. The van der Waals surface area contributed by atoms with Crippen LogP contribution in [0.3, 0.4) is 0 Å². The topological polar surface area (TPSA) is 29.0 Å². The molecule has 1 aromatic rings. The van der Waals surface area contributed by atoms with Gasteiger partial charge in [-0.15, -0.1) is 10.2 Å². The molecule has 1 saturated carbocycles. The first-order valence-electron chi connectivity index (χ1n) is 4.46. The van der Waals surface area contributed by atoms with Crippen LogP contribution in [0.2, 0.25) is 0 Å². The maximum absolute atomic E-state index is 4.07. The average molecular weight is 262 g/mol. The van der Waals surface area contributed by atoms with E-state index < -0.39 is 0 Å². The fourth-order valence-electron chi connectivity index (χ4n) is 1.49. The second kappa shape index (κ2) is 3.92. The lowest BCUT2D eigenvalue weighted by atomic mass is 9.85. The Bertz CT molecular complexity index is 285. The number of nitrogens with zero attached hydrogens (tertiary/aromatic N) is 3. The molecule has 1 aromatic heterocycles. The van der Waals surface area contributed by atoms with Gasteiger partial charge in [0.1, 0.15) is 0 Å². The molecule has 5 heteroatoms. The molecule has 0 saturated heterocycles. The Morgan fingerprint density at radius 1 is 1.54 bits per heavy atom. The van der Waals surface area contributed by atoms with Gasteiger partial charge in [0.2, 0.25) is 5.13 Å². The molecule has 1 aliphatic rings. The second-order valence-electron chi connectivity index (χ2n) is 3.52. The highest BCUT2D eigenvalue weighted by Gasteiger charge is 2.20. The average Bonchev–Trinajstić information content (AvgIpc) is 2.44. The lowest BCUT2D eigenvalue weighted by Gasteiger charge is -2.29. The molecule has 0 spiro atoms. The van der Waals surface area contributed by atoms with Gasteiger partial charge in [0.05, 0.1) is 0 Å². The summed E-state index contributed by atoms with van der Waals surface area (Å²) < 4.78 is 0.864. The van der Waals surface area contributed by atoms with Crippen LogP contribution in [0.5, 0.6) is 0 Å². The molecular weight excluding hydrogens is 250 g/mol. The normalized spacial score (nSPS) is 17.1. The molecule has 1 aliphatic carbocycles. The third kappa shape index (κ3) is 2.20. The van der Waals surface area contributed by atoms with E-state index in [9.17, 15) is 0 Å². The predicted octanol–water partition coefficient (Wildman–Crippen LogP) is 2.54. The molecular formula is C8H12BrN3S. The van der Waals surface area contributed by atoms with Gasteiger partial charge in [-0.3, -0.25) is 0 Å². The van der Waals surface area contributed by atoms with E-state index in [-0.39, 0.29) is 0 Å². The van der Waals surface area contributed by atoms with E-state index in [1.807, 2.05) is 0 Å². The summed E-state index contributed by atoms with van der Waals surface area (Å²) in [5.74, 6) is 0.882. The highest BCUT2D eigenvalue weighted by Crippen LogP contribution is 2.30. The van der Waals surface area contributed by atoms with Gasteiger partial charge < -0.3 is 4.90 Å². The molecule has 2 rings (SSSR count). The molecule has 1 heterocycles. The summed E-state index contributed by atoms with van der Waals surface area (Å²) in [6.07, 6.45) is 4.16. The van der Waals surface area contributed by atoms with E-state index in [0.717, 1.165) is 21.5 Å². The van der Waals surface area contributed by atoms with Crippen LogP contribution in [-0.4, -0.2) is 23.8 Å². The first kappa shape index (κ1) is 9.40. The van der Waals surface area contributed by atoms with Crippen LogP contribution < -0.4 is 4.90 Å². The summed E-state index contributed by atoms with van der Waals surface area (Å²) in [6, 6.07) is 0. The van der Waals surface area contributed by atoms with Crippen LogP contribution in [0.4, 0.5) is 5.13 Å². The largest absolute Gasteiger partial charge is 0.349 e. The van der Waals surface area contributed by atoms with Crippen LogP contribution >= 0.6 is 27.3 Å². The van der Waals surface area contributed by atoms with Crippen LogP contribution in [0, 0.1) is 5.92 Å². The monoisotopic (exact) mass is 261 g/mol. The van der Waals surface area contributed by atoms with E-state index in [4.69, 9.17) is 0 Å². The van der Waals surface area contributed by atoms with Crippen LogP contribution in [0.1, 0.15) is 19.3 Å². The van der Waals surface area contributed by atoms with E-state index in [2.05, 4.69) is 38.1 Å². The summed E-state index contributed by atoms with van der Waals surface area (Å²) in [7, 11) is 2.09. The first-order chi connectivity index (χ1) is 6.25. The fourth-order valence-corrected chi connectivity index (χ4v) is 2.55. The summed E-state index contributed by atoms with van der Waals surface area (Å²) in [4.78, 5) is 2.20. The van der Waals surface area contributed by atoms with Crippen molar-refractivity contribution in [3.8, 4) is 0 Å². The summed E-state index contributed by atoms with van der Waals surface area (Å²) in [5, 5.41) is 9.02. The van der Waals surface area contributed by atoms with E-state index in [1.165, 1.54) is 19.3 Å². The first-order valence-corrected chi connectivity index (χ1v) is 6.07. The summed E-state index contributed by atoms with van der Waals surface area (Å²) in [5.41, 5.74) is 0. The van der Waals surface area contributed by atoms with Gasteiger partial charge >= 0.3 is 0 Å². The Labute approximate surface area is 90.3 Å². The maximum atomic E-state index is 4.07. The Morgan fingerprint density at radius 3 is 2.77 bits per heavy atom. The molecule has 72 valence electrons. The maximum Gasteiger partial charge on any atom is 0.208 e. The number of rotatable bonds is 3. The van der Waals surface area contributed by atoms with Gasteiger partial charge in [-0.1, -0.05) is 17.8 Å². The Kier molecular flexibility index (Phi) is 2.83. The quantitative estimate of drug-likeness (QED) is 0.838. The standard InChI is InChI=1S/C8H12BrN3S/c1-12(5-6-3-2-4-6)8-11-10-7(9)13-8/h6H,2-5H2,1H3. The number of anilines is 1. The molecule has 0 aliphatic heterocycles. The Balaban J connectivity index is 1.92. The van der Waals surface area contributed by atoms with Crippen LogP contribution in [0.25, 0.3) is 0 Å². The number of halogens is 1. The SMILES string of the molecule is CN(CC1CCC1)c1nnc(Br)s1. The van der Waals surface area contributed by atoms with Crippen LogP contribution in [0.15, 0.2) is 3.92 Å². The van der Waals surface area contributed by atoms with Gasteiger partial charge in [-0.25, -0.2) is 0 Å². The molecule has 0 amide bonds. The molecule has 0 aromatic carbocycles. The predicted molar refractivity (Wildman–Crippen MR) is 58.2 cm³/mol. The third-order valence-corrected chi connectivity index (χ3v) is 3.94. The van der Waals surface area contributed by atoms with Crippen molar-refractivity contribution < 1.29 is 0 Å². The zero-order valence-electron chi connectivity index (χ0n) is 7.53. The minimum absolute atomic E-state index is 0.864. The smallest absolute Gasteiger partial charge is 0.208 e. The van der Waals surface area contributed by atoms with Gasteiger partial charge in [0, 0.05) is 13.6 Å². The van der Waals surface area contributed by atoms with E-state index in [0.29, 0.717) is 0 Å². The molecule has 1 fully saturated rings. The molecule has 0 atom stereocenters. The summed E-state index contributed by atoms with van der Waals surface area (Å²) in [6.45, 7) is 1.13. The minimum atomic E-state index is 0.864. The lowest BCUT2D eigenvalue weighted by Crippen LogP contribution is -2.29. The van der Waals surface area contributed by atoms with Crippen molar-refractivity contribution in [3.63, 3.8) is 0 Å². The number of hydrogen-bond donors (Lipinski definition) is 0. The van der Waals surface area contributed by atoms with Gasteiger partial charge in [0.25, 0.3) is 0 Å². The van der Waals surface area contributed by atoms with Crippen molar-refractivity contribution in [1.29, 1.82) is 0 Å². The molecule has 0 bridgehead atoms. The molecule has 3 nitrogen and oxygen atoms in total. The van der Waals surface area contributed by atoms with Crippen molar-refractivity contribution in [2.45, 2.75) is 19.3 Å². The van der Waals surface area contributed by atoms with E-state index >= 15 is 0 Å². The van der Waals surface area contributed by atoms with Crippen molar-refractivity contribution in [1.82, 2.24) is 10.2 Å². The van der Waals surface area contributed by atoms with Crippen molar-refractivity contribution in [3.05, 3.63) is 3.92 Å². The Morgan fingerprint density at radius 2 is 2.31 bits per heavy atom. The van der Waals surface area contributed by atoms with Crippen molar-refractivity contribution in [2.24, 2.45) is 5.92 Å². The highest BCUT2D eigenvalue weighted by atomic mass is 79.9. The zero-order valence-corrected chi connectivity index (χ0v) is 9.94.